The number of para-hydroxylation sites is 1. The van der Waals surface area contributed by atoms with Gasteiger partial charge < -0.3 is 4.74 Å². The van der Waals surface area contributed by atoms with E-state index in [1.54, 1.807) is 12.0 Å². The van der Waals surface area contributed by atoms with Crippen molar-refractivity contribution in [3.8, 4) is 17.0 Å². The average molecular weight is 416 g/mol. The van der Waals surface area contributed by atoms with Gasteiger partial charge in [0.2, 0.25) is 0 Å². The van der Waals surface area contributed by atoms with Gasteiger partial charge in [0, 0.05) is 21.8 Å². The predicted octanol–water partition coefficient (Wildman–Crippen LogP) is 5.49. The Kier molecular flexibility index (Phi) is 4.52. The number of anilines is 1. The van der Waals surface area contributed by atoms with E-state index in [1.807, 2.05) is 78.9 Å². The molecule has 148 valence electrons. The number of fused-ring (bicyclic) bond motifs is 1. The Labute approximate surface area is 178 Å². The molecule has 1 amide bonds. The van der Waals surface area contributed by atoms with Crippen molar-refractivity contribution in [3.63, 3.8) is 0 Å². The fraction of sp³-hybridized carbons (Fsp3) is 0.0833. The van der Waals surface area contributed by atoms with Gasteiger partial charge in [-0.15, -0.1) is 0 Å². The lowest BCUT2D eigenvalue weighted by Crippen LogP contribution is -2.29. The zero-order valence-corrected chi connectivity index (χ0v) is 16.9. The van der Waals surface area contributed by atoms with Crippen molar-refractivity contribution in [2.45, 2.75) is 6.04 Å². The summed E-state index contributed by atoms with van der Waals surface area (Å²) in [6.07, 6.45) is 0. The third-order valence-electron chi connectivity index (χ3n) is 5.35. The van der Waals surface area contributed by atoms with E-state index in [2.05, 4.69) is 10.2 Å². The number of benzene rings is 3. The van der Waals surface area contributed by atoms with Gasteiger partial charge in [0.15, 0.2) is 0 Å². The van der Waals surface area contributed by atoms with Crippen molar-refractivity contribution < 1.29 is 9.53 Å². The normalized spacial score (nSPS) is 15.3. The molecule has 0 saturated heterocycles. The van der Waals surface area contributed by atoms with E-state index >= 15 is 0 Å². The number of methoxy groups -OCH3 is 1. The molecule has 1 N–H and O–H groups in total. The summed E-state index contributed by atoms with van der Waals surface area (Å²) in [6.45, 7) is 0. The molecule has 1 aromatic heterocycles. The summed E-state index contributed by atoms with van der Waals surface area (Å²) in [7, 11) is 1.63. The minimum Gasteiger partial charge on any atom is -0.497 e. The molecule has 1 atom stereocenters. The highest BCUT2D eigenvalue weighted by Crippen LogP contribution is 2.45. The molecule has 5 nitrogen and oxygen atoms in total. The van der Waals surface area contributed by atoms with Crippen molar-refractivity contribution in [1.82, 2.24) is 10.2 Å². The van der Waals surface area contributed by atoms with Crippen molar-refractivity contribution in [1.29, 1.82) is 0 Å². The number of aromatic nitrogens is 2. The van der Waals surface area contributed by atoms with E-state index in [0.29, 0.717) is 10.7 Å². The lowest BCUT2D eigenvalue weighted by Gasteiger charge is -2.26. The van der Waals surface area contributed by atoms with E-state index in [0.717, 1.165) is 33.8 Å². The van der Waals surface area contributed by atoms with Gasteiger partial charge in [-0.2, -0.15) is 5.10 Å². The summed E-state index contributed by atoms with van der Waals surface area (Å²) in [5.74, 6) is 0.658. The van der Waals surface area contributed by atoms with Gasteiger partial charge in [0.25, 0.3) is 5.91 Å². The largest absolute Gasteiger partial charge is 0.497 e. The maximum absolute atomic E-state index is 13.4. The molecule has 0 bridgehead atoms. The summed E-state index contributed by atoms with van der Waals surface area (Å²) >= 11 is 6.12. The topological polar surface area (TPSA) is 58.2 Å². The first-order valence-corrected chi connectivity index (χ1v) is 9.92. The number of nitrogens with zero attached hydrogens (tertiary/aromatic N) is 2. The molecule has 5 rings (SSSR count). The zero-order chi connectivity index (χ0) is 20.7. The Morgan fingerprint density at radius 1 is 0.967 bits per heavy atom. The summed E-state index contributed by atoms with van der Waals surface area (Å²) in [5.41, 5.74) is 4.81. The molecule has 4 aromatic rings. The van der Waals surface area contributed by atoms with Gasteiger partial charge >= 0.3 is 0 Å². The smallest absolute Gasteiger partial charge is 0.277 e. The van der Waals surface area contributed by atoms with E-state index in [-0.39, 0.29) is 11.9 Å². The minimum absolute atomic E-state index is 0.108. The van der Waals surface area contributed by atoms with Gasteiger partial charge in [-0.05, 0) is 54.1 Å². The number of aromatic amines is 1. The number of ether oxygens (including phenoxy) is 1. The molecule has 3 aromatic carbocycles. The summed E-state index contributed by atoms with van der Waals surface area (Å²) < 4.78 is 5.27. The minimum atomic E-state index is -0.317. The quantitative estimate of drug-likeness (QED) is 0.479. The lowest BCUT2D eigenvalue weighted by molar-refractivity contribution is 0.0989. The highest BCUT2D eigenvalue weighted by molar-refractivity contribution is 6.30. The number of hydrogen-bond donors (Lipinski definition) is 1. The molecule has 0 aliphatic carbocycles. The number of hydrogen-bond acceptors (Lipinski definition) is 3. The third kappa shape index (κ3) is 2.95. The molecule has 0 fully saturated rings. The first-order chi connectivity index (χ1) is 14.7. The Hall–Kier alpha value is -3.57. The SMILES string of the molecule is COc1ccc(-c2n[nH]c3c2[C@@H](c2ccc(Cl)cc2)N(c2ccccc2)C3=O)cc1. The van der Waals surface area contributed by atoms with Crippen LogP contribution >= 0.6 is 11.6 Å². The summed E-state index contributed by atoms with van der Waals surface area (Å²) in [6, 6.07) is 24.6. The molecular formula is C24H18ClN3O2. The molecular weight excluding hydrogens is 398 g/mol. The number of carbonyl (C=O) groups is 1. The van der Waals surface area contributed by atoms with Crippen LogP contribution in [0.1, 0.15) is 27.7 Å². The van der Waals surface area contributed by atoms with Crippen LogP contribution in [0.15, 0.2) is 78.9 Å². The number of halogens is 1. The lowest BCUT2D eigenvalue weighted by atomic mass is 9.96. The van der Waals surface area contributed by atoms with Crippen LogP contribution in [-0.2, 0) is 0 Å². The van der Waals surface area contributed by atoms with Crippen LogP contribution in [0, 0.1) is 0 Å². The second kappa shape index (κ2) is 7.35. The third-order valence-corrected chi connectivity index (χ3v) is 5.60. The first-order valence-electron chi connectivity index (χ1n) is 9.54. The monoisotopic (exact) mass is 415 g/mol. The highest BCUT2D eigenvalue weighted by Gasteiger charge is 2.43. The number of H-pyrrole nitrogens is 1. The Morgan fingerprint density at radius 2 is 1.67 bits per heavy atom. The van der Waals surface area contributed by atoms with Crippen LogP contribution in [0.4, 0.5) is 5.69 Å². The molecule has 0 radical (unpaired) electrons. The molecule has 0 saturated carbocycles. The molecule has 1 aliphatic heterocycles. The average Bonchev–Trinajstić information content (AvgIpc) is 3.34. The molecule has 6 heteroatoms. The van der Waals surface area contributed by atoms with Crippen molar-refractivity contribution >= 4 is 23.2 Å². The molecule has 30 heavy (non-hydrogen) atoms. The molecule has 0 spiro atoms. The molecule has 0 unspecified atom stereocenters. The Balaban J connectivity index is 1.70. The first kappa shape index (κ1) is 18.5. The summed E-state index contributed by atoms with van der Waals surface area (Å²) in [4.78, 5) is 15.2. The van der Waals surface area contributed by atoms with Crippen LogP contribution in [-0.4, -0.2) is 23.2 Å². The number of carbonyl (C=O) groups excluding carboxylic acids is 1. The second-order valence-electron chi connectivity index (χ2n) is 7.05. The van der Waals surface area contributed by atoms with E-state index in [4.69, 9.17) is 16.3 Å². The van der Waals surface area contributed by atoms with Gasteiger partial charge in [-0.25, -0.2) is 0 Å². The zero-order valence-electron chi connectivity index (χ0n) is 16.2. The van der Waals surface area contributed by atoms with Gasteiger partial charge in [-0.1, -0.05) is 41.9 Å². The fourth-order valence-corrected chi connectivity index (χ4v) is 4.06. The van der Waals surface area contributed by atoms with Crippen molar-refractivity contribution in [3.05, 3.63) is 101 Å². The predicted molar refractivity (Wildman–Crippen MR) is 117 cm³/mol. The van der Waals surface area contributed by atoms with Gasteiger partial charge in [-0.3, -0.25) is 14.8 Å². The summed E-state index contributed by atoms with van der Waals surface area (Å²) in [5, 5.41) is 8.12. The molecule has 2 heterocycles. The standard InChI is InChI=1S/C24H18ClN3O2/c1-30-19-13-9-15(10-14-19)21-20-22(27-26-21)24(29)28(18-5-3-2-4-6-18)23(20)16-7-11-17(25)12-8-16/h2-14,23H,1H3,(H,26,27)/t23-/m1/s1. The number of nitrogens with one attached hydrogen (secondary N) is 1. The van der Waals surface area contributed by atoms with E-state index < -0.39 is 0 Å². The fourth-order valence-electron chi connectivity index (χ4n) is 3.93. The van der Waals surface area contributed by atoms with Gasteiger partial charge in [0.05, 0.1) is 18.8 Å². The number of amides is 1. The van der Waals surface area contributed by atoms with E-state index in [9.17, 15) is 4.79 Å². The van der Waals surface area contributed by atoms with Crippen molar-refractivity contribution in [2.75, 3.05) is 12.0 Å². The van der Waals surface area contributed by atoms with Crippen LogP contribution in [0.2, 0.25) is 5.02 Å². The van der Waals surface area contributed by atoms with Gasteiger partial charge in [0.1, 0.15) is 11.4 Å². The number of rotatable bonds is 4. The highest BCUT2D eigenvalue weighted by atomic mass is 35.5. The van der Waals surface area contributed by atoms with Crippen LogP contribution in [0.5, 0.6) is 5.75 Å². The van der Waals surface area contributed by atoms with Crippen LogP contribution < -0.4 is 9.64 Å². The molecule has 1 aliphatic rings. The Bertz CT molecular complexity index is 1200. The Morgan fingerprint density at radius 3 is 2.33 bits per heavy atom. The maximum Gasteiger partial charge on any atom is 0.277 e. The maximum atomic E-state index is 13.4. The van der Waals surface area contributed by atoms with Crippen molar-refractivity contribution in [2.24, 2.45) is 0 Å². The van der Waals surface area contributed by atoms with Crippen LogP contribution in [0.25, 0.3) is 11.3 Å². The van der Waals surface area contributed by atoms with E-state index in [1.165, 1.54) is 0 Å². The van der Waals surface area contributed by atoms with Crippen LogP contribution in [0.3, 0.4) is 0 Å². The second-order valence-corrected chi connectivity index (χ2v) is 7.49.